The highest BCUT2D eigenvalue weighted by atomic mass is 35.5. The van der Waals surface area contributed by atoms with Crippen molar-refractivity contribution in [2.75, 3.05) is 18.4 Å². The van der Waals surface area contributed by atoms with Crippen molar-refractivity contribution in [1.82, 2.24) is 30.0 Å². The lowest BCUT2D eigenvalue weighted by atomic mass is 10.2. The third-order valence-corrected chi connectivity index (χ3v) is 7.00. The predicted octanol–water partition coefficient (Wildman–Crippen LogP) is 3.12. The third kappa shape index (κ3) is 6.48. The average molecular weight is 604 g/mol. The molecule has 2 fully saturated rings. The quantitative estimate of drug-likeness (QED) is 0.240. The number of imidazole rings is 1. The number of aromatic nitrogens is 4. The second-order valence-electron chi connectivity index (χ2n) is 9.27. The second kappa shape index (κ2) is 11.8. The maximum atomic E-state index is 13.5. The normalized spacial score (nSPS) is 19.3. The summed E-state index contributed by atoms with van der Waals surface area (Å²) < 4.78 is 67.6. The van der Waals surface area contributed by atoms with Crippen molar-refractivity contribution in [2.45, 2.75) is 25.2 Å². The number of nitrogens with one attached hydrogen (secondary N) is 3. The number of carbonyl (C=O) groups is 3. The molecule has 3 aromatic rings. The lowest BCUT2D eigenvalue weighted by Gasteiger charge is -2.11. The Morgan fingerprint density at radius 2 is 1.90 bits per heavy atom. The van der Waals surface area contributed by atoms with Gasteiger partial charge in [0.2, 0.25) is 0 Å². The highest BCUT2D eigenvalue weighted by molar-refractivity contribution is 6.34. The summed E-state index contributed by atoms with van der Waals surface area (Å²) in [6.07, 6.45) is -5.97. The highest BCUT2D eigenvalue weighted by Crippen LogP contribution is 2.42. The van der Waals surface area contributed by atoms with Crippen molar-refractivity contribution in [3.63, 3.8) is 0 Å². The molecule has 2 aliphatic rings. The van der Waals surface area contributed by atoms with E-state index in [0.29, 0.717) is 16.5 Å². The molecule has 1 aromatic carbocycles. The molecule has 0 radical (unpaired) electrons. The molecule has 4 N–H and O–H groups in total. The largest absolute Gasteiger partial charge is 0.483 e. The third-order valence-electron chi connectivity index (χ3n) is 6.68. The Kier molecular flexibility index (Phi) is 8.63. The smallest absolute Gasteiger partial charge is 0.435 e. The number of hydrogen-bond donors (Lipinski definition) is 4. The van der Waals surface area contributed by atoms with Gasteiger partial charge in [-0.2, -0.15) is 18.3 Å². The molecule has 11 nitrogen and oxygen atoms in total. The average Bonchev–Trinajstić information content (AvgIpc) is 3.31. The summed E-state index contributed by atoms with van der Waals surface area (Å²) in [6, 6.07) is 4.41. The molecule has 3 atom stereocenters. The summed E-state index contributed by atoms with van der Waals surface area (Å²) >= 11 is 6.28. The van der Waals surface area contributed by atoms with E-state index in [-0.39, 0.29) is 46.2 Å². The molecule has 5 rings (SSSR count). The van der Waals surface area contributed by atoms with Crippen LogP contribution in [0.25, 0.3) is 11.3 Å². The molecule has 3 heterocycles. The number of amides is 2. The number of benzene rings is 1. The van der Waals surface area contributed by atoms with E-state index >= 15 is 0 Å². The van der Waals surface area contributed by atoms with E-state index in [1.54, 1.807) is 0 Å². The molecule has 41 heavy (non-hydrogen) atoms. The number of halogens is 6. The summed E-state index contributed by atoms with van der Waals surface area (Å²) in [4.78, 5) is 37.7. The van der Waals surface area contributed by atoms with E-state index < -0.39 is 36.3 Å². The van der Waals surface area contributed by atoms with Gasteiger partial charge in [-0.3, -0.25) is 19.1 Å². The van der Waals surface area contributed by atoms with E-state index in [9.17, 15) is 31.5 Å². The first kappa shape index (κ1) is 29.9. The van der Waals surface area contributed by atoms with Gasteiger partial charge in [-0.15, -0.1) is 0 Å². The molecule has 2 aromatic heterocycles. The molecule has 17 heteroatoms. The van der Waals surface area contributed by atoms with Gasteiger partial charge < -0.3 is 25.6 Å². The van der Waals surface area contributed by atoms with E-state index in [0.717, 1.165) is 30.1 Å². The van der Waals surface area contributed by atoms with Crippen LogP contribution in [0.15, 0.2) is 30.6 Å². The van der Waals surface area contributed by atoms with Crippen LogP contribution in [-0.4, -0.2) is 68.3 Å². The molecule has 1 aliphatic carbocycles. The number of carbonyl (C=O) groups excluding carboxylic acids is 2. The Hall–Kier alpha value is -4.05. The lowest BCUT2D eigenvalue weighted by Crippen LogP contribution is -2.32. The van der Waals surface area contributed by atoms with Crippen molar-refractivity contribution in [3.05, 3.63) is 52.7 Å². The molecule has 1 aliphatic heterocycles. The van der Waals surface area contributed by atoms with Crippen molar-refractivity contribution in [1.29, 1.82) is 0 Å². The lowest BCUT2D eigenvalue weighted by molar-refractivity contribution is -0.141. The standard InChI is InChI=1S/C23H21ClF5N7O2.CH2O2/c1-35-16(14-8-36(9-17(25)26)34-19(14)23(27,28)29)7-31-20(35)22(38)32-10-2-3-11(15(24)4-10)21(37)33-18-12-5-30-6-13(12)18;2-1-3/h2-4,7-8,12-13,17-18,30H,5-6,9H2,1H3,(H,32,38)(H,33,37);1H,(H,2,3)/t12-,13+,18?;. The van der Waals surface area contributed by atoms with Gasteiger partial charge >= 0.3 is 6.18 Å². The van der Waals surface area contributed by atoms with Crippen molar-refractivity contribution >= 4 is 35.6 Å². The Balaban J connectivity index is 0.00000124. The van der Waals surface area contributed by atoms with Gasteiger partial charge in [-0.25, -0.2) is 13.8 Å². The van der Waals surface area contributed by atoms with Gasteiger partial charge in [0.15, 0.2) is 11.5 Å². The van der Waals surface area contributed by atoms with Gasteiger partial charge in [0.25, 0.3) is 24.7 Å². The molecule has 220 valence electrons. The predicted molar refractivity (Wildman–Crippen MR) is 135 cm³/mol. The second-order valence-corrected chi connectivity index (χ2v) is 9.67. The summed E-state index contributed by atoms with van der Waals surface area (Å²) in [5, 5.41) is 19.0. The fraction of sp³-hybridized carbons (Fsp3) is 0.375. The van der Waals surface area contributed by atoms with Crippen molar-refractivity contribution < 1.29 is 41.4 Å². The molecule has 0 spiro atoms. The number of alkyl halides is 5. The van der Waals surface area contributed by atoms with Crippen molar-refractivity contribution in [2.24, 2.45) is 18.9 Å². The van der Waals surface area contributed by atoms with Crippen LogP contribution in [0.5, 0.6) is 0 Å². The number of carboxylic acid groups (broad SMARTS) is 1. The van der Waals surface area contributed by atoms with Crippen LogP contribution in [0.4, 0.5) is 27.6 Å². The maximum Gasteiger partial charge on any atom is 0.435 e. The first-order valence-electron chi connectivity index (χ1n) is 12.0. The van der Waals surface area contributed by atoms with E-state index in [2.05, 4.69) is 26.0 Å². The minimum absolute atomic E-state index is 0.103. The Labute approximate surface area is 233 Å². The Morgan fingerprint density at radius 1 is 1.24 bits per heavy atom. The van der Waals surface area contributed by atoms with Crippen LogP contribution < -0.4 is 16.0 Å². The first-order valence-corrected chi connectivity index (χ1v) is 12.4. The van der Waals surface area contributed by atoms with Gasteiger partial charge in [0.1, 0.15) is 6.54 Å². The zero-order valence-electron chi connectivity index (χ0n) is 21.1. The van der Waals surface area contributed by atoms with Crippen LogP contribution in [0.1, 0.15) is 26.7 Å². The zero-order chi connectivity index (χ0) is 30.1. The summed E-state index contributed by atoms with van der Waals surface area (Å²) in [7, 11) is 1.31. The molecule has 1 unspecified atom stereocenters. The summed E-state index contributed by atoms with van der Waals surface area (Å²) in [5.41, 5.74) is -1.55. The maximum absolute atomic E-state index is 13.5. The number of nitrogens with zero attached hydrogens (tertiary/aromatic N) is 4. The summed E-state index contributed by atoms with van der Waals surface area (Å²) in [6.45, 7) is 0.444. The minimum atomic E-state index is -4.92. The number of anilines is 1. The topological polar surface area (TPSA) is 143 Å². The van der Waals surface area contributed by atoms with Crippen LogP contribution in [0.3, 0.4) is 0 Å². The fourth-order valence-corrected chi connectivity index (χ4v) is 5.02. The number of hydrogen-bond acceptors (Lipinski definition) is 6. The first-order chi connectivity index (χ1) is 19.3. The monoisotopic (exact) mass is 603 g/mol. The molecule has 0 bridgehead atoms. The molecule has 1 saturated carbocycles. The molecular weight excluding hydrogens is 581 g/mol. The summed E-state index contributed by atoms with van der Waals surface area (Å²) in [5.74, 6) is -0.496. The minimum Gasteiger partial charge on any atom is -0.483 e. The molecular formula is C24H23ClF5N7O4. The number of piperidine rings is 1. The molecule has 2 amide bonds. The van der Waals surface area contributed by atoms with Crippen LogP contribution in [0.2, 0.25) is 5.02 Å². The van der Waals surface area contributed by atoms with Gasteiger partial charge in [-0.1, -0.05) is 11.6 Å². The van der Waals surface area contributed by atoms with Gasteiger partial charge in [-0.05, 0) is 30.0 Å². The zero-order valence-corrected chi connectivity index (χ0v) is 21.9. The van der Waals surface area contributed by atoms with Crippen molar-refractivity contribution in [3.8, 4) is 11.3 Å². The highest BCUT2D eigenvalue weighted by Gasteiger charge is 2.53. The number of fused-ring (bicyclic) bond motifs is 1. The van der Waals surface area contributed by atoms with Crippen LogP contribution >= 0.6 is 11.6 Å². The van der Waals surface area contributed by atoms with Gasteiger partial charge in [0.05, 0.1) is 28.0 Å². The van der Waals surface area contributed by atoms with Crippen LogP contribution in [0, 0.1) is 11.8 Å². The Bertz CT molecular complexity index is 1450. The fourth-order valence-electron chi connectivity index (χ4n) is 4.75. The van der Waals surface area contributed by atoms with E-state index in [1.807, 2.05) is 0 Å². The molecule has 1 saturated heterocycles. The van der Waals surface area contributed by atoms with E-state index in [1.165, 1.54) is 25.2 Å². The number of rotatable bonds is 7. The van der Waals surface area contributed by atoms with Gasteiger partial charge in [0, 0.05) is 38.1 Å². The van der Waals surface area contributed by atoms with Crippen LogP contribution in [-0.2, 0) is 24.6 Å². The van der Waals surface area contributed by atoms with E-state index in [4.69, 9.17) is 21.5 Å². The SMILES string of the molecule is Cn1c(-c2cn(CC(F)F)nc2C(F)(F)F)cnc1C(=O)Nc1ccc(C(=O)NC2[C@H]3CNC[C@@H]23)c(Cl)c1.O=CO. The Morgan fingerprint density at radius 3 is 2.49 bits per heavy atom.